The second kappa shape index (κ2) is 5.52. The largest absolute Gasteiger partial charge is 0.463 e. The zero-order valence-electron chi connectivity index (χ0n) is 11.4. The third-order valence-corrected chi connectivity index (χ3v) is 2.90. The Morgan fingerprint density at radius 2 is 2.12 bits per heavy atom. The number of nitrogens with two attached hydrogens (primary N) is 1. The topological polar surface area (TPSA) is 42.4 Å². The van der Waals surface area contributed by atoms with E-state index < -0.39 is 0 Å². The molecule has 2 N–H and O–H groups in total. The number of hydrogen-bond acceptors (Lipinski definition) is 3. The van der Waals surface area contributed by atoms with Crippen LogP contribution in [0.25, 0.3) is 0 Å². The van der Waals surface area contributed by atoms with Crippen molar-refractivity contribution in [2.45, 2.75) is 46.3 Å². The van der Waals surface area contributed by atoms with Crippen LogP contribution < -0.4 is 5.73 Å². The van der Waals surface area contributed by atoms with Gasteiger partial charge >= 0.3 is 0 Å². The Labute approximate surface area is 104 Å². The first-order valence-corrected chi connectivity index (χ1v) is 6.02. The van der Waals surface area contributed by atoms with Crippen LogP contribution >= 0.6 is 0 Å². The molecule has 0 aliphatic heterocycles. The molecule has 0 atom stereocenters. The first-order valence-electron chi connectivity index (χ1n) is 6.02. The van der Waals surface area contributed by atoms with E-state index in [1.54, 1.807) is 0 Å². The van der Waals surface area contributed by atoms with Gasteiger partial charge in [0.05, 0.1) is 13.1 Å². The molecule has 96 valence electrons. The second-order valence-electron chi connectivity index (χ2n) is 5.36. The Morgan fingerprint density at radius 3 is 2.53 bits per heavy atom. The summed E-state index contributed by atoms with van der Waals surface area (Å²) in [6, 6.07) is 2.07. The smallest absolute Gasteiger partial charge is 0.120 e. The average Bonchev–Trinajstić information content (AvgIpc) is 2.57. The first-order chi connectivity index (χ1) is 7.88. The summed E-state index contributed by atoms with van der Waals surface area (Å²) in [5.41, 5.74) is 6.84. The molecule has 0 fully saturated rings. The lowest BCUT2D eigenvalue weighted by molar-refractivity contribution is 0.133. The molecule has 1 heterocycles. The third-order valence-electron chi connectivity index (χ3n) is 2.90. The van der Waals surface area contributed by atoms with E-state index in [-0.39, 0.29) is 5.54 Å². The molecule has 3 nitrogen and oxygen atoms in total. The fourth-order valence-corrected chi connectivity index (χ4v) is 1.79. The summed E-state index contributed by atoms with van der Waals surface area (Å²) in [5.74, 6) is 1.85. The predicted octanol–water partition coefficient (Wildman–Crippen LogP) is 2.83. The van der Waals surface area contributed by atoms with Crippen molar-refractivity contribution in [3.8, 4) is 0 Å². The average molecular weight is 236 g/mol. The Bertz CT molecular complexity index is 374. The van der Waals surface area contributed by atoms with Crippen molar-refractivity contribution in [2.24, 2.45) is 5.73 Å². The molecule has 0 spiro atoms. The van der Waals surface area contributed by atoms with Crippen molar-refractivity contribution in [3.63, 3.8) is 0 Å². The van der Waals surface area contributed by atoms with Crippen LogP contribution in [-0.4, -0.2) is 17.0 Å². The molecule has 1 aromatic rings. The number of aryl methyl sites for hydroxylation is 1. The lowest BCUT2D eigenvalue weighted by Crippen LogP contribution is -2.40. The standard InChI is InChI=1S/C14H24N2O/c1-6-7-16(14(3,4)5)10-12-8-11(2)13(9-15)17-12/h6,8H,1,7,9-10,15H2,2-5H3. The highest BCUT2D eigenvalue weighted by atomic mass is 16.3. The van der Waals surface area contributed by atoms with Crippen LogP contribution in [0.5, 0.6) is 0 Å². The Hall–Kier alpha value is -1.06. The SMILES string of the molecule is C=CCN(Cc1cc(C)c(CN)o1)C(C)(C)C. The van der Waals surface area contributed by atoms with Crippen LogP contribution in [0.2, 0.25) is 0 Å². The maximum Gasteiger partial charge on any atom is 0.120 e. The minimum Gasteiger partial charge on any atom is -0.463 e. The van der Waals surface area contributed by atoms with Gasteiger partial charge in [-0.3, -0.25) is 4.90 Å². The van der Waals surface area contributed by atoms with Gasteiger partial charge in [-0.25, -0.2) is 0 Å². The van der Waals surface area contributed by atoms with Crippen molar-refractivity contribution >= 4 is 0 Å². The van der Waals surface area contributed by atoms with E-state index in [9.17, 15) is 0 Å². The van der Waals surface area contributed by atoms with E-state index >= 15 is 0 Å². The van der Waals surface area contributed by atoms with E-state index in [1.165, 1.54) is 0 Å². The molecule has 17 heavy (non-hydrogen) atoms. The van der Waals surface area contributed by atoms with E-state index in [0.717, 1.165) is 30.2 Å². The van der Waals surface area contributed by atoms with Gasteiger partial charge in [-0.2, -0.15) is 0 Å². The molecular weight excluding hydrogens is 212 g/mol. The maximum absolute atomic E-state index is 5.73. The third kappa shape index (κ3) is 3.72. The maximum atomic E-state index is 5.73. The highest BCUT2D eigenvalue weighted by molar-refractivity contribution is 5.20. The predicted molar refractivity (Wildman–Crippen MR) is 71.7 cm³/mol. The quantitative estimate of drug-likeness (QED) is 0.799. The van der Waals surface area contributed by atoms with Crippen molar-refractivity contribution in [3.05, 3.63) is 35.8 Å². The number of rotatable bonds is 5. The van der Waals surface area contributed by atoms with Gasteiger partial charge in [0.15, 0.2) is 0 Å². The van der Waals surface area contributed by atoms with Crippen molar-refractivity contribution in [1.82, 2.24) is 4.90 Å². The lowest BCUT2D eigenvalue weighted by Gasteiger charge is -2.34. The normalized spacial score (nSPS) is 12.1. The van der Waals surface area contributed by atoms with Gasteiger partial charge in [-0.15, -0.1) is 6.58 Å². The molecule has 0 aliphatic carbocycles. The molecule has 0 aliphatic rings. The monoisotopic (exact) mass is 236 g/mol. The molecule has 0 amide bonds. The van der Waals surface area contributed by atoms with Crippen molar-refractivity contribution in [2.75, 3.05) is 6.54 Å². The summed E-state index contributed by atoms with van der Waals surface area (Å²) in [6.07, 6.45) is 1.92. The second-order valence-corrected chi connectivity index (χ2v) is 5.36. The summed E-state index contributed by atoms with van der Waals surface area (Å²) in [4.78, 5) is 2.32. The molecule has 0 bridgehead atoms. The van der Waals surface area contributed by atoms with Gasteiger partial charge in [0.1, 0.15) is 11.5 Å². The number of hydrogen-bond donors (Lipinski definition) is 1. The van der Waals surface area contributed by atoms with E-state index in [4.69, 9.17) is 10.2 Å². The molecule has 0 radical (unpaired) electrons. The van der Waals surface area contributed by atoms with Crippen LogP contribution in [0.4, 0.5) is 0 Å². The summed E-state index contributed by atoms with van der Waals surface area (Å²) in [5, 5.41) is 0. The highest BCUT2D eigenvalue weighted by Gasteiger charge is 2.21. The van der Waals surface area contributed by atoms with Crippen LogP contribution in [0.15, 0.2) is 23.1 Å². The zero-order valence-corrected chi connectivity index (χ0v) is 11.4. The highest BCUT2D eigenvalue weighted by Crippen LogP contribution is 2.20. The molecule has 3 heteroatoms. The van der Waals surface area contributed by atoms with E-state index in [1.807, 2.05) is 13.0 Å². The van der Waals surface area contributed by atoms with Gasteiger partial charge in [-0.1, -0.05) is 6.08 Å². The van der Waals surface area contributed by atoms with Gasteiger partial charge in [0.2, 0.25) is 0 Å². The van der Waals surface area contributed by atoms with E-state index in [2.05, 4.69) is 38.3 Å². The molecule has 0 unspecified atom stereocenters. The Balaban J connectivity index is 2.82. The fraction of sp³-hybridized carbons (Fsp3) is 0.571. The molecule has 0 saturated carbocycles. The van der Waals surface area contributed by atoms with Gasteiger partial charge in [-0.05, 0) is 39.3 Å². The minimum atomic E-state index is 0.0950. The first kappa shape index (κ1) is 14.0. The molecule has 1 rings (SSSR count). The number of furan rings is 1. The van der Waals surface area contributed by atoms with Gasteiger partial charge in [0, 0.05) is 12.1 Å². The molecule has 0 saturated heterocycles. The molecule has 0 aromatic carbocycles. The van der Waals surface area contributed by atoms with Crippen LogP contribution in [0.1, 0.15) is 37.9 Å². The minimum absolute atomic E-state index is 0.0950. The van der Waals surface area contributed by atoms with Crippen molar-refractivity contribution in [1.29, 1.82) is 0 Å². The fourth-order valence-electron chi connectivity index (χ4n) is 1.79. The van der Waals surface area contributed by atoms with Gasteiger partial charge < -0.3 is 10.2 Å². The van der Waals surface area contributed by atoms with Crippen molar-refractivity contribution < 1.29 is 4.42 Å². The number of nitrogens with zero attached hydrogens (tertiary/aromatic N) is 1. The Kier molecular flexibility index (Phi) is 4.54. The molecular formula is C14H24N2O. The van der Waals surface area contributed by atoms with Gasteiger partial charge in [0.25, 0.3) is 0 Å². The van der Waals surface area contributed by atoms with Crippen LogP contribution in [-0.2, 0) is 13.1 Å². The van der Waals surface area contributed by atoms with Crippen LogP contribution in [0.3, 0.4) is 0 Å². The summed E-state index contributed by atoms with van der Waals surface area (Å²) in [6.45, 7) is 14.5. The lowest BCUT2D eigenvalue weighted by atomic mass is 10.1. The summed E-state index contributed by atoms with van der Waals surface area (Å²) >= 11 is 0. The Morgan fingerprint density at radius 1 is 1.47 bits per heavy atom. The van der Waals surface area contributed by atoms with Crippen LogP contribution in [0, 0.1) is 6.92 Å². The summed E-state index contributed by atoms with van der Waals surface area (Å²) in [7, 11) is 0. The van der Waals surface area contributed by atoms with E-state index in [0.29, 0.717) is 6.54 Å². The zero-order chi connectivity index (χ0) is 13.1. The molecule has 1 aromatic heterocycles. The summed E-state index contributed by atoms with van der Waals surface area (Å²) < 4.78 is 5.73.